The van der Waals surface area contributed by atoms with E-state index in [1.807, 2.05) is 43.5 Å². The summed E-state index contributed by atoms with van der Waals surface area (Å²) >= 11 is 9.02. The van der Waals surface area contributed by atoms with E-state index in [0.29, 0.717) is 49.6 Å². The van der Waals surface area contributed by atoms with Crippen LogP contribution in [0.2, 0.25) is 5.02 Å². The van der Waals surface area contributed by atoms with Gasteiger partial charge in [0.15, 0.2) is 0 Å². The number of aromatic nitrogens is 2. The van der Waals surface area contributed by atoms with Gasteiger partial charge < -0.3 is 25.4 Å². The second-order valence-electron chi connectivity index (χ2n) is 12.4. The van der Waals surface area contributed by atoms with E-state index in [1.165, 1.54) is 23.1 Å². The van der Waals surface area contributed by atoms with Gasteiger partial charge in [-0.15, -0.1) is 11.3 Å². The maximum atomic E-state index is 12.4. The van der Waals surface area contributed by atoms with Gasteiger partial charge in [-0.1, -0.05) is 67.9 Å². The summed E-state index contributed by atoms with van der Waals surface area (Å²) in [5.41, 5.74) is 9.67. The first-order chi connectivity index (χ1) is 25.1. The minimum absolute atomic E-state index is 0.0165. The van der Waals surface area contributed by atoms with E-state index in [2.05, 4.69) is 22.4 Å². The molecule has 14 heteroatoms. The third-order valence-corrected chi connectivity index (χ3v) is 11.0. The molecular weight excluding hydrogens is 718 g/mol. The fourth-order valence-corrected chi connectivity index (χ4v) is 7.51. The highest BCUT2D eigenvalue weighted by Crippen LogP contribution is 2.40. The highest BCUT2D eigenvalue weighted by molar-refractivity contribution is 7.98. The van der Waals surface area contributed by atoms with E-state index >= 15 is 0 Å². The molecule has 0 spiro atoms. The molecule has 1 fully saturated rings. The third kappa shape index (κ3) is 9.41. The average Bonchev–Trinajstić information content (AvgIpc) is 3.88. The van der Waals surface area contributed by atoms with Gasteiger partial charge in [0.1, 0.15) is 58.6 Å². The number of esters is 1. The van der Waals surface area contributed by atoms with E-state index in [-0.39, 0.29) is 19.1 Å². The van der Waals surface area contributed by atoms with Crippen molar-refractivity contribution in [2.24, 2.45) is 11.7 Å². The minimum Gasteiger partial charge on any atom is -0.490 e. The summed E-state index contributed by atoms with van der Waals surface area (Å²) in [4.78, 5) is 36.6. The van der Waals surface area contributed by atoms with Crippen LogP contribution >= 0.6 is 34.7 Å². The maximum Gasteiger partial charge on any atom is 0.328 e. The predicted molar refractivity (Wildman–Crippen MR) is 204 cm³/mol. The Morgan fingerprint density at radius 3 is 2.35 bits per heavy atom. The molecule has 1 aliphatic rings. The number of hydrogen-bond donors (Lipinski definition) is 2. The molecule has 3 heterocycles. The molecule has 0 radical (unpaired) electrons. The monoisotopic (exact) mass is 757 g/mol. The summed E-state index contributed by atoms with van der Waals surface area (Å²) in [5.74, 6) is 0.577. The van der Waals surface area contributed by atoms with Crippen molar-refractivity contribution in [1.82, 2.24) is 15.3 Å². The van der Waals surface area contributed by atoms with E-state index in [9.17, 15) is 20.1 Å². The summed E-state index contributed by atoms with van der Waals surface area (Å²) in [5, 5.41) is 27.5. The number of nitrogens with zero attached hydrogens (tertiary/aromatic N) is 5. The van der Waals surface area contributed by atoms with Crippen LogP contribution in [0.15, 0.2) is 58.9 Å². The van der Waals surface area contributed by atoms with E-state index < -0.39 is 24.0 Å². The predicted octanol–water partition coefficient (Wildman–Crippen LogP) is 6.96. The summed E-state index contributed by atoms with van der Waals surface area (Å²) in [6, 6.07) is 17.8. The van der Waals surface area contributed by atoms with Crippen LogP contribution in [0.5, 0.6) is 5.75 Å². The van der Waals surface area contributed by atoms with Crippen LogP contribution < -0.4 is 20.7 Å². The summed E-state index contributed by atoms with van der Waals surface area (Å²) in [6.07, 6.45) is 2.74. The number of benzene rings is 2. The average molecular weight is 758 g/mol. The van der Waals surface area contributed by atoms with Gasteiger partial charge in [-0.3, -0.25) is 4.79 Å². The number of nitrogens with one attached hydrogen (secondary N) is 1. The summed E-state index contributed by atoms with van der Waals surface area (Å²) in [6.45, 7) is 6.98. The molecule has 1 saturated heterocycles. The molecule has 1 aliphatic heterocycles. The van der Waals surface area contributed by atoms with Crippen molar-refractivity contribution in [2.45, 2.75) is 62.9 Å². The smallest absolute Gasteiger partial charge is 0.328 e. The van der Waals surface area contributed by atoms with Crippen molar-refractivity contribution in [3.63, 3.8) is 0 Å². The number of nitriles is 2. The SMILES string of the molecule is CC[C@H](C)[C@H](N)C(=O)N[C@@H](C)C(=O)OCCOc1ccc(-c2c(C#N)c(SCc3csc(-c4ccc(Cl)cc4)n3)nc(N3CCCC3)c2C#N)cc1. The third-order valence-electron chi connectivity index (χ3n) is 8.79. The van der Waals surface area contributed by atoms with Gasteiger partial charge in [0, 0.05) is 40.4 Å². The number of carbonyl (C=O) groups excluding carboxylic acids is 2. The number of thiazole rings is 1. The number of ether oxygens (including phenoxy) is 2. The van der Waals surface area contributed by atoms with E-state index in [0.717, 1.165) is 48.6 Å². The lowest BCUT2D eigenvalue weighted by Crippen LogP contribution is -2.50. The standard InChI is InChI=1S/C38H40ClN7O4S2/c1-4-23(2)33(42)35(47)43-24(3)38(48)50-18-17-49-29-13-9-25(10-14-29)32-30(19-40)34(46-15-5-6-16-46)45-37(31(32)20-41)52-22-28-21-51-36(44-28)26-7-11-27(39)12-8-26/h7-14,21,23-24,33H,4-6,15-18,22,42H2,1-3H3,(H,43,47)/t23-,24-,33-/m0/s1. The second-order valence-corrected chi connectivity index (χ2v) is 14.7. The van der Waals surface area contributed by atoms with Crippen molar-refractivity contribution in [1.29, 1.82) is 10.5 Å². The highest BCUT2D eigenvalue weighted by Gasteiger charge is 2.27. The molecule has 0 saturated carbocycles. The Morgan fingerprint density at radius 2 is 1.69 bits per heavy atom. The van der Waals surface area contributed by atoms with Crippen LogP contribution in [-0.4, -0.2) is 60.2 Å². The zero-order valence-corrected chi connectivity index (χ0v) is 31.6. The van der Waals surface area contributed by atoms with Crippen molar-refractivity contribution in [3.8, 4) is 39.6 Å². The number of nitrogens with two attached hydrogens (primary N) is 1. The number of pyridine rings is 1. The second kappa shape index (κ2) is 18.2. The van der Waals surface area contributed by atoms with Gasteiger partial charge in [-0.25, -0.2) is 14.8 Å². The zero-order chi connectivity index (χ0) is 37.2. The van der Waals surface area contributed by atoms with Crippen LogP contribution in [0, 0.1) is 28.6 Å². The molecule has 1 amide bonds. The van der Waals surface area contributed by atoms with Crippen molar-refractivity contribution < 1.29 is 19.1 Å². The van der Waals surface area contributed by atoms with Crippen molar-refractivity contribution in [3.05, 3.63) is 75.8 Å². The first-order valence-corrected chi connectivity index (χ1v) is 19.3. The van der Waals surface area contributed by atoms with Gasteiger partial charge in [-0.05, 0) is 55.5 Å². The quantitative estimate of drug-likeness (QED) is 0.0731. The number of carbonyl (C=O) groups is 2. The topological polar surface area (TPSA) is 167 Å². The van der Waals surface area contributed by atoms with Crippen molar-refractivity contribution >= 4 is 52.4 Å². The molecule has 3 atom stereocenters. The van der Waals surface area contributed by atoms with Gasteiger partial charge in [0.05, 0.1) is 17.3 Å². The van der Waals surface area contributed by atoms with Gasteiger partial charge in [-0.2, -0.15) is 10.5 Å². The van der Waals surface area contributed by atoms with Gasteiger partial charge >= 0.3 is 5.97 Å². The number of anilines is 1. The van der Waals surface area contributed by atoms with E-state index in [4.69, 9.17) is 36.8 Å². The lowest BCUT2D eigenvalue weighted by molar-refractivity contribution is -0.148. The lowest BCUT2D eigenvalue weighted by Gasteiger charge is -2.22. The van der Waals surface area contributed by atoms with Gasteiger partial charge in [0.2, 0.25) is 5.91 Å². The Morgan fingerprint density at radius 1 is 1.02 bits per heavy atom. The Balaban J connectivity index is 1.29. The number of thioether (sulfide) groups is 1. The van der Waals surface area contributed by atoms with E-state index in [1.54, 1.807) is 31.2 Å². The van der Waals surface area contributed by atoms with Crippen LogP contribution in [0.1, 0.15) is 56.9 Å². The first kappa shape index (κ1) is 38.6. The first-order valence-electron chi connectivity index (χ1n) is 17.1. The largest absolute Gasteiger partial charge is 0.490 e. The highest BCUT2D eigenvalue weighted by atomic mass is 35.5. The molecule has 4 aromatic rings. The molecular formula is C38H40ClN7O4S2. The normalized spacial score (nSPS) is 14.2. The minimum atomic E-state index is -0.854. The molecule has 2 aromatic carbocycles. The number of rotatable bonds is 15. The number of hydrogen-bond acceptors (Lipinski definition) is 12. The number of amides is 1. The summed E-state index contributed by atoms with van der Waals surface area (Å²) in [7, 11) is 0. The number of halogens is 1. The molecule has 5 rings (SSSR count). The van der Waals surface area contributed by atoms with Crippen LogP contribution in [0.3, 0.4) is 0 Å². The van der Waals surface area contributed by atoms with Crippen LogP contribution in [0.25, 0.3) is 21.7 Å². The summed E-state index contributed by atoms with van der Waals surface area (Å²) < 4.78 is 11.1. The van der Waals surface area contributed by atoms with Crippen LogP contribution in [-0.2, 0) is 20.1 Å². The molecule has 11 nitrogen and oxygen atoms in total. The molecule has 0 unspecified atom stereocenters. The fourth-order valence-electron chi connectivity index (χ4n) is 5.58. The molecule has 270 valence electrons. The molecule has 52 heavy (non-hydrogen) atoms. The Labute approximate surface area is 317 Å². The Hall–Kier alpha value is -4.66. The lowest BCUT2D eigenvalue weighted by atomic mass is 9.96. The molecule has 0 bridgehead atoms. The molecule has 3 N–H and O–H groups in total. The van der Waals surface area contributed by atoms with Crippen LogP contribution in [0.4, 0.5) is 5.82 Å². The van der Waals surface area contributed by atoms with Gasteiger partial charge in [0.25, 0.3) is 0 Å². The Kier molecular flexibility index (Phi) is 13.5. The van der Waals surface area contributed by atoms with Crippen molar-refractivity contribution in [2.75, 3.05) is 31.2 Å². The molecule has 0 aliphatic carbocycles. The fraction of sp³-hybridized carbons (Fsp3) is 0.368. The molecule has 2 aromatic heterocycles. The maximum absolute atomic E-state index is 12.4. The Bertz CT molecular complexity index is 1950. The zero-order valence-electron chi connectivity index (χ0n) is 29.2.